The Labute approximate surface area is 116 Å². The summed E-state index contributed by atoms with van der Waals surface area (Å²) in [5, 5.41) is 0.928. The second-order valence-corrected chi connectivity index (χ2v) is 5.73. The zero-order valence-corrected chi connectivity index (χ0v) is 11.7. The number of aldehydes is 1. The Hall–Kier alpha value is -1.68. The number of benzene rings is 1. The highest BCUT2D eigenvalue weighted by atomic mass is 32.1. The van der Waals surface area contributed by atoms with Crippen molar-refractivity contribution in [1.82, 2.24) is 4.98 Å². The Morgan fingerprint density at radius 1 is 1.37 bits per heavy atom. The molecule has 0 atom stereocenters. The van der Waals surface area contributed by atoms with E-state index in [0.29, 0.717) is 5.92 Å². The summed E-state index contributed by atoms with van der Waals surface area (Å²) in [6.07, 6.45) is 3.29. The lowest BCUT2D eigenvalue weighted by Gasteiger charge is -2.19. The van der Waals surface area contributed by atoms with Crippen molar-refractivity contribution >= 4 is 28.4 Å². The van der Waals surface area contributed by atoms with Crippen LogP contribution < -0.4 is 4.90 Å². The highest BCUT2D eigenvalue weighted by molar-refractivity contribution is 7.17. The van der Waals surface area contributed by atoms with E-state index in [2.05, 4.69) is 24.0 Å². The van der Waals surface area contributed by atoms with Crippen molar-refractivity contribution in [3.8, 4) is 0 Å². The number of aromatic nitrogens is 1. The van der Waals surface area contributed by atoms with Gasteiger partial charge in [0.2, 0.25) is 0 Å². The number of carbonyl (C=O) groups is 1. The highest BCUT2D eigenvalue weighted by Crippen LogP contribution is 2.44. The molecule has 0 bridgehead atoms. The van der Waals surface area contributed by atoms with Gasteiger partial charge in [-0.2, -0.15) is 0 Å². The van der Waals surface area contributed by atoms with Gasteiger partial charge in [0.1, 0.15) is 0 Å². The van der Waals surface area contributed by atoms with Gasteiger partial charge >= 0.3 is 0 Å². The molecule has 1 heterocycles. The topological polar surface area (TPSA) is 33.2 Å². The van der Waals surface area contributed by atoms with E-state index in [9.17, 15) is 4.79 Å². The van der Waals surface area contributed by atoms with Gasteiger partial charge in [-0.3, -0.25) is 4.79 Å². The second-order valence-electron chi connectivity index (χ2n) is 4.72. The van der Waals surface area contributed by atoms with Crippen molar-refractivity contribution in [2.75, 3.05) is 11.4 Å². The number of carbonyl (C=O) groups excluding carboxylic acids is 1. The van der Waals surface area contributed by atoms with E-state index in [-0.39, 0.29) is 0 Å². The summed E-state index contributed by atoms with van der Waals surface area (Å²) < 4.78 is 0. The van der Waals surface area contributed by atoms with E-state index >= 15 is 0 Å². The minimum absolute atomic E-state index is 0.514. The van der Waals surface area contributed by atoms with Crippen LogP contribution in [0.4, 0.5) is 10.8 Å². The predicted molar refractivity (Wildman–Crippen MR) is 78.6 cm³/mol. The fourth-order valence-electron chi connectivity index (χ4n) is 2.22. The van der Waals surface area contributed by atoms with Crippen LogP contribution in [0.3, 0.4) is 0 Å². The number of hydrogen-bond acceptors (Lipinski definition) is 4. The molecule has 2 aromatic rings. The molecule has 3 nitrogen and oxygen atoms in total. The van der Waals surface area contributed by atoms with Gasteiger partial charge in [-0.05, 0) is 31.9 Å². The minimum atomic E-state index is 0.514. The van der Waals surface area contributed by atoms with Crippen LogP contribution in [-0.4, -0.2) is 17.8 Å². The molecule has 1 aliphatic rings. The average Bonchev–Trinajstić information content (AvgIpc) is 3.22. The first-order valence-electron chi connectivity index (χ1n) is 6.62. The van der Waals surface area contributed by atoms with Gasteiger partial charge in [0.05, 0.1) is 10.6 Å². The first-order valence-corrected chi connectivity index (χ1v) is 7.43. The lowest BCUT2D eigenvalue weighted by molar-refractivity contribution is 0.112. The molecule has 1 aromatic carbocycles. The van der Waals surface area contributed by atoms with Crippen LogP contribution >= 0.6 is 11.3 Å². The molecule has 19 heavy (non-hydrogen) atoms. The van der Waals surface area contributed by atoms with E-state index in [1.807, 2.05) is 18.2 Å². The largest absolute Gasteiger partial charge is 0.318 e. The number of nitrogens with zero attached hydrogens (tertiary/aromatic N) is 2. The third-order valence-corrected chi connectivity index (χ3v) is 4.38. The summed E-state index contributed by atoms with van der Waals surface area (Å²) in [4.78, 5) is 18.8. The monoisotopic (exact) mass is 272 g/mol. The van der Waals surface area contributed by atoms with Crippen molar-refractivity contribution in [1.29, 1.82) is 0 Å². The Bertz CT molecular complexity index is 575. The molecular weight excluding hydrogens is 256 g/mol. The molecule has 1 aliphatic carbocycles. The maximum absolute atomic E-state index is 11.2. The minimum Gasteiger partial charge on any atom is -0.318 e. The summed E-state index contributed by atoms with van der Waals surface area (Å²) in [6.45, 7) is 2.95. The molecular formula is C15H16N2OS. The fraction of sp³-hybridized carbons (Fsp3) is 0.333. The van der Waals surface area contributed by atoms with Crippen molar-refractivity contribution in [2.24, 2.45) is 0 Å². The molecule has 0 radical (unpaired) electrons. The molecule has 1 aromatic heterocycles. The Morgan fingerprint density at radius 3 is 2.68 bits per heavy atom. The number of anilines is 2. The highest BCUT2D eigenvalue weighted by Gasteiger charge is 2.30. The molecule has 0 unspecified atom stereocenters. The summed E-state index contributed by atoms with van der Waals surface area (Å²) in [7, 11) is 0. The molecule has 0 saturated heterocycles. The first kappa shape index (κ1) is 12.4. The van der Waals surface area contributed by atoms with Crippen LogP contribution in [0, 0.1) is 0 Å². The van der Waals surface area contributed by atoms with Crippen LogP contribution in [0.2, 0.25) is 0 Å². The van der Waals surface area contributed by atoms with Crippen molar-refractivity contribution in [2.45, 2.75) is 25.7 Å². The van der Waals surface area contributed by atoms with Crippen LogP contribution in [0.5, 0.6) is 0 Å². The van der Waals surface area contributed by atoms with Gasteiger partial charge in [0.15, 0.2) is 11.4 Å². The number of rotatable bonds is 5. The van der Waals surface area contributed by atoms with Gasteiger partial charge in [0, 0.05) is 18.2 Å². The van der Waals surface area contributed by atoms with Gasteiger partial charge in [-0.15, -0.1) is 0 Å². The fourth-order valence-corrected chi connectivity index (χ4v) is 3.27. The van der Waals surface area contributed by atoms with Crippen LogP contribution in [0.1, 0.15) is 41.0 Å². The van der Waals surface area contributed by atoms with Crippen molar-refractivity contribution in [3.05, 3.63) is 40.9 Å². The first-order chi connectivity index (χ1) is 9.33. The van der Waals surface area contributed by atoms with Gasteiger partial charge in [-0.1, -0.05) is 29.5 Å². The third-order valence-electron chi connectivity index (χ3n) is 3.36. The van der Waals surface area contributed by atoms with Crippen LogP contribution in [0.25, 0.3) is 0 Å². The standard InChI is InChI=1S/C15H16N2OS/c1-2-17(12-6-4-3-5-7-12)15-16-14(11-8-9-11)13(10-18)19-15/h3-7,10-11H,2,8-9H2,1H3. The molecule has 0 amide bonds. The zero-order chi connectivity index (χ0) is 13.2. The third kappa shape index (κ3) is 2.40. The Balaban J connectivity index is 1.97. The van der Waals surface area contributed by atoms with E-state index in [1.165, 1.54) is 24.2 Å². The molecule has 98 valence electrons. The number of thiazole rings is 1. The lowest BCUT2D eigenvalue weighted by atomic mass is 10.2. The predicted octanol–water partition coefficient (Wildman–Crippen LogP) is 3.99. The van der Waals surface area contributed by atoms with Gasteiger partial charge in [0.25, 0.3) is 0 Å². The number of hydrogen-bond donors (Lipinski definition) is 0. The summed E-state index contributed by atoms with van der Waals surface area (Å²) in [5.41, 5.74) is 2.13. The summed E-state index contributed by atoms with van der Waals surface area (Å²) in [6, 6.07) is 10.2. The maximum atomic E-state index is 11.2. The van der Waals surface area contributed by atoms with E-state index in [1.54, 1.807) is 0 Å². The molecule has 1 saturated carbocycles. The lowest BCUT2D eigenvalue weighted by Crippen LogP contribution is -2.15. The number of para-hydroxylation sites is 1. The van der Waals surface area contributed by atoms with E-state index < -0.39 is 0 Å². The van der Waals surface area contributed by atoms with Crippen LogP contribution in [-0.2, 0) is 0 Å². The summed E-state index contributed by atoms with van der Waals surface area (Å²) >= 11 is 1.50. The smallest absolute Gasteiger partial charge is 0.190 e. The molecule has 0 spiro atoms. The SMILES string of the molecule is CCN(c1ccccc1)c1nc(C2CC2)c(C=O)s1. The Morgan fingerprint density at radius 2 is 2.11 bits per heavy atom. The molecule has 3 rings (SSSR count). The molecule has 1 fully saturated rings. The van der Waals surface area contributed by atoms with Crippen molar-refractivity contribution in [3.63, 3.8) is 0 Å². The van der Waals surface area contributed by atoms with Gasteiger partial charge < -0.3 is 4.90 Å². The molecule has 4 heteroatoms. The molecule has 0 N–H and O–H groups in total. The maximum Gasteiger partial charge on any atom is 0.190 e. The van der Waals surface area contributed by atoms with E-state index in [0.717, 1.165) is 34.2 Å². The Kier molecular flexibility index (Phi) is 3.34. The van der Waals surface area contributed by atoms with Gasteiger partial charge in [-0.25, -0.2) is 4.98 Å². The van der Waals surface area contributed by atoms with Crippen molar-refractivity contribution < 1.29 is 4.79 Å². The zero-order valence-electron chi connectivity index (χ0n) is 10.9. The molecule has 0 aliphatic heterocycles. The normalized spacial score (nSPS) is 14.4. The van der Waals surface area contributed by atoms with E-state index in [4.69, 9.17) is 4.98 Å². The average molecular weight is 272 g/mol. The van der Waals surface area contributed by atoms with Crippen LogP contribution in [0.15, 0.2) is 30.3 Å². The second kappa shape index (κ2) is 5.13. The quantitative estimate of drug-likeness (QED) is 0.772. The summed E-state index contributed by atoms with van der Waals surface area (Å²) in [5.74, 6) is 0.514.